The first-order valence-corrected chi connectivity index (χ1v) is 7.52. The Morgan fingerprint density at radius 1 is 1.19 bits per heavy atom. The van der Waals surface area contributed by atoms with Gasteiger partial charge >= 0.3 is 0 Å². The Balaban J connectivity index is 1.87. The van der Waals surface area contributed by atoms with E-state index in [0.29, 0.717) is 0 Å². The predicted octanol–water partition coefficient (Wildman–Crippen LogP) is 4.40. The zero-order valence-corrected chi connectivity index (χ0v) is 12.3. The van der Waals surface area contributed by atoms with E-state index >= 15 is 0 Å². The Labute approximate surface area is 126 Å². The molecule has 1 N–H and O–H groups in total. The van der Waals surface area contributed by atoms with Gasteiger partial charge in [-0.1, -0.05) is 30.3 Å². The SMILES string of the molecule is C[C@H](SCC(=O)Nc1ccc(F)cc1F)c1ccccc1. The summed E-state index contributed by atoms with van der Waals surface area (Å²) in [5.74, 6) is -1.55. The van der Waals surface area contributed by atoms with Gasteiger partial charge in [-0.25, -0.2) is 8.78 Å². The summed E-state index contributed by atoms with van der Waals surface area (Å²) in [7, 11) is 0. The molecule has 0 heterocycles. The lowest BCUT2D eigenvalue weighted by Gasteiger charge is -2.12. The van der Waals surface area contributed by atoms with Crippen LogP contribution in [0.15, 0.2) is 48.5 Å². The number of halogens is 2. The van der Waals surface area contributed by atoms with E-state index in [1.807, 2.05) is 37.3 Å². The summed E-state index contributed by atoms with van der Waals surface area (Å²) in [6, 6.07) is 12.9. The Hall–Kier alpha value is -1.88. The van der Waals surface area contributed by atoms with Crippen LogP contribution in [-0.4, -0.2) is 11.7 Å². The Morgan fingerprint density at radius 2 is 1.90 bits per heavy atom. The first-order valence-electron chi connectivity index (χ1n) is 6.47. The Bertz CT molecular complexity index is 619. The molecule has 0 unspecified atom stereocenters. The van der Waals surface area contributed by atoms with Gasteiger partial charge in [0.05, 0.1) is 11.4 Å². The summed E-state index contributed by atoms with van der Waals surface area (Å²) in [5, 5.41) is 2.60. The molecule has 0 saturated carbocycles. The third-order valence-corrected chi connectivity index (χ3v) is 4.14. The van der Waals surface area contributed by atoms with Crippen LogP contribution >= 0.6 is 11.8 Å². The van der Waals surface area contributed by atoms with E-state index in [1.54, 1.807) is 0 Å². The first kappa shape index (κ1) is 15.5. The van der Waals surface area contributed by atoms with E-state index in [1.165, 1.54) is 17.8 Å². The van der Waals surface area contributed by atoms with Crippen LogP contribution in [0.4, 0.5) is 14.5 Å². The predicted molar refractivity (Wildman–Crippen MR) is 82.3 cm³/mol. The van der Waals surface area contributed by atoms with Crippen molar-refractivity contribution < 1.29 is 13.6 Å². The lowest BCUT2D eigenvalue weighted by atomic mass is 10.2. The number of amides is 1. The van der Waals surface area contributed by atoms with E-state index in [0.717, 1.165) is 17.7 Å². The lowest BCUT2D eigenvalue weighted by molar-refractivity contribution is -0.113. The molecule has 0 bridgehead atoms. The molecule has 0 spiro atoms. The van der Waals surface area contributed by atoms with Crippen LogP contribution in [0.5, 0.6) is 0 Å². The average Bonchev–Trinajstić information content (AvgIpc) is 2.48. The Kier molecular flexibility index (Phi) is 5.33. The highest BCUT2D eigenvalue weighted by molar-refractivity contribution is 8.00. The van der Waals surface area contributed by atoms with E-state index in [-0.39, 0.29) is 22.6 Å². The number of nitrogens with one attached hydrogen (secondary N) is 1. The van der Waals surface area contributed by atoms with Crippen LogP contribution < -0.4 is 5.32 Å². The van der Waals surface area contributed by atoms with Crippen molar-refractivity contribution >= 4 is 23.4 Å². The van der Waals surface area contributed by atoms with Gasteiger partial charge < -0.3 is 5.32 Å². The molecule has 1 atom stereocenters. The highest BCUT2D eigenvalue weighted by Crippen LogP contribution is 2.27. The fourth-order valence-corrected chi connectivity index (χ4v) is 2.62. The number of hydrogen-bond acceptors (Lipinski definition) is 2. The van der Waals surface area contributed by atoms with E-state index in [2.05, 4.69) is 5.32 Å². The van der Waals surface area contributed by atoms with Crippen molar-refractivity contribution in [1.29, 1.82) is 0 Å². The molecule has 0 fully saturated rings. The van der Waals surface area contributed by atoms with Crippen molar-refractivity contribution in [3.05, 3.63) is 65.7 Å². The summed E-state index contributed by atoms with van der Waals surface area (Å²) >= 11 is 1.46. The molecule has 2 aromatic rings. The normalized spacial score (nSPS) is 12.0. The molecule has 0 aliphatic heterocycles. The standard InChI is InChI=1S/C16H15F2NOS/c1-11(12-5-3-2-4-6-12)21-10-16(20)19-15-8-7-13(17)9-14(15)18/h2-9,11H,10H2,1H3,(H,19,20)/t11-/m0/s1. The average molecular weight is 307 g/mol. The van der Waals surface area contributed by atoms with Crippen LogP contribution in [0.25, 0.3) is 0 Å². The second-order valence-electron chi connectivity index (χ2n) is 4.54. The third kappa shape index (κ3) is 4.56. The fourth-order valence-electron chi connectivity index (χ4n) is 1.80. The number of thioether (sulfide) groups is 1. The molecule has 21 heavy (non-hydrogen) atoms. The van der Waals surface area contributed by atoms with Gasteiger partial charge in [0.2, 0.25) is 5.91 Å². The number of rotatable bonds is 5. The van der Waals surface area contributed by atoms with E-state index in [9.17, 15) is 13.6 Å². The number of hydrogen-bond donors (Lipinski definition) is 1. The minimum Gasteiger partial charge on any atom is -0.323 e. The highest BCUT2D eigenvalue weighted by Gasteiger charge is 2.11. The first-order chi connectivity index (χ1) is 10.1. The molecule has 2 rings (SSSR count). The molecular formula is C16H15F2NOS. The van der Waals surface area contributed by atoms with Crippen molar-refractivity contribution in [1.82, 2.24) is 0 Å². The van der Waals surface area contributed by atoms with Gasteiger partial charge in [-0.2, -0.15) is 0 Å². The molecule has 1 amide bonds. The molecule has 0 saturated heterocycles. The monoisotopic (exact) mass is 307 g/mol. The minimum atomic E-state index is -0.774. The van der Waals surface area contributed by atoms with Gasteiger partial charge in [-0.05, 0) is 24.6 Å². The molecule has 5 heteroatoms. The fraction of sp³-hybridized carbons (Fsp3) is 0.188. The summed E-state index contributed by atoms with van der Waals surface area (Å²) in [4.78, 5) is 11.8. The van der Waals surface area contributed by atoms with Gasteiger partial charge in [0.15, 0.2) is 0 Å². The lowest BCUT2D eigenvalue weighted by Crippen LogP contribution is -2.15. The van der Waals surface area contributed by atoms with Gasteiger partial charge in [0.1, 0.15) is 11.6 Å². The summed E-state index contributed by atoms with van der Waals surface area (Å²) in [6.45, 7) is 2.01. The molecule has 0 aliphatic carbocycles. The molecule has 0 aromatic heterocycles. The second-order valence-corrected chi connectivity index (χ2v) is 5.87. The summed E-state index contributed by atoms with van der Waals surface area (Å²) < 4.78 is 26.2. The smallest absolute Gasteiger partial charge is 0.234 e. The molecule has 2 aromatic carbocycles. The van der Waals surface area contributed by atoms with Crippen LogP contribution in [-0.2, 0) is 4.79 Å². The summed E-state index contributed by atoms with van der Waals surface area (Å²) in [5.41, 5.74) is 1.12. The third-order valence-electron chi connectivity index (χ3n) is 2.94. The topological polar surface area (TPSA) is 29.1 Å². The molecule has 2 nitrogen and oxygen atoms in total. The van der Waals surface area contributed by atoms with Gasteiger partial charge in [0.25, 0.3) is 0 Å². The van der Waals surface area contributed by atoms with Gasteiger partial charge in [-0.15, -0.1) is 11.8 Å². The quantitative estimate of drug-likeness (QED) is 0.887. The molecular weight excluding hydrogens is 292 g/mol. The minimum absolute atomic E-state index is 0.00522. The van der Waals surface area contributed by atoms with Crippen molar-refractivity contribution in [3.63, 3.8) is 0 Å². The van der Waals surface area contributed by atoms with Crippen molar-refractivity contribution in [2.75, 3.05) is 11.1 Å². The Morgan fingerprint density at radius 3 is 2.57 bits per heavy atom. The van der Waals surface area contributed by atoms with Gasteiger partial charge in [0, 0.05) is 11.3 Å². The van der Waals surface area contributed by atoms with Crippen LogP contribution in [0.3, 0.4) is 0 Å². The number of carbonyl (C=O) groups is 1. The number of carbonyl (C=O) groups excluding carboxylic acids is 1. The zero-order valence-electron chi connectivity index (χ0n) is 11.5. The maximum Gasteiger partial charge on any atom is 0.234 e. The molecule has 0 radical (unpaired) electrons. The summed E-state index contributed by atoms with van der Waals surface area (Å²) in [6.07, 6.45) is 0. The van der Waals surface area contributed by atoms with Crippen LogP contribution in [0.2, 0.25) is 0 Å². The molecule has 110 valence electrons. The van der Waals surface area contributed by atoms with E-state index in [4.69, 9.17) is 0 Å². The number of anilines is 1. The van der Waals surface area contributed by atoms with Crippen LogP contribution in [0, 0.1) is 11.6 Å². The molecule has 0 aliphatic rings. The van der Waals surface area contributed by atoms with E-state index < -0.39 is 11.6 Å². The largest absolute Gasteiger partial charge is 0.323 e. The van der Waals surface area contributed by atoms with Crippen molar-refractivity contribution in [3.8, 4) is 0 Å². The number of benzene rings is 2. The van der Waals surface area contributed by atoms with Crippen molar-refractivity contribution in [2.24, 2.45) is 0 Å². The second kappa shape index (κ2) is 7.22. The maximum absolute atomic E-state index is 13.4. The maximum atomic E-state index is 13.4. The zero-order chi connectivity index (χ0) is 15.2. The van der Waals surface area contributed by atoms with Crippen molar-refractivity contribution in [2.45, 2.75) is 12.2 Å². The van der Waals surface area contributed by atoms with Gasteiger partial charge in [-0.3, -0.25) is 4.79 Å². The van der Waals surface area contributed by atoms with Crippen LogP contribution in [0.1, 0.15) is 17.7 Å². The highest BCUT2D eigenvalue weighted by atomic mass is 32.2.